The second-order valence-electron chi connectivity index (χ2n) is 6.44. The number of methoxy groups -OCH3 is 2. The van der Waals surface area contributed by atoms with Crippen LogP contribution in [0.25, 0.3) is 11.4 Å². The minimum Gasteiger partial charge on any atom is -0.497 e. The number of ether oxygens (including phenoxy) is 2. The lowest BCUT2D eigenvalue weighted by atomic mass is 10.1. The molecule has 4 rings (SSSR count). The quantitative estimate of drug-likeness (QED) is 0.647. The van der Waals surface area contributed by atoms with E-state index in [4.69, 9.17) is 25.6 Å². The molecule has 7 nitrogen and oxygen atoms in total. The number of carbonyl (C=O) groups is 1. The molecule has 0 N–H and O–H groups in total. The number of nitrogens with zero attached hydrogens (tertiary/aromatic N) is 3. The summed E-state index contributed by atoms with van der Waals surface area (Å²) < 4.78 is 16.0. The fourth-order valence-corrected chi connectivity index (χ4v) is 3.41. The van der Waals surface area contributed by atoms with Crippen LogP contribution in [-0.4, -0.2) is 36.8 Å². The van der Waals surface area contributed by atoms with Crippen LogP contribution in [0.3, 0.4) is 0 Å². The van der Waals surface area contributed by atoms with Crippen LogP contribution in [0.1, 0.15) is 18.2 Å². The number of hydrogen-bond donors (Lipinski definition) is 0. The largest absolute Gasteiger partial charge is 0.497 e. The Labute approximate surface area is 166 Å². The third kappa shape index (κ3) is 3.53. The van der Waals surface area contributed by atoms with E-state index in [0.29, 0.717) is 40.5 Å². The number of halogens is 1. The van der Waals surface area contributed by atoms with E-state index in [9.17, 15) is 4.79 Å². The molecule has 0 spiro atoms. The first-order valence-electron chi connectivity index (χ1n) is 8.70. The lowest BCUT2D eigenvalue weighted by molar-refractivity contribution is -0.117. The van der Waals surface area contributed by atoms with E-state index in [1.807, 2.05) is 12.1 Å². The van der Waals surface area contributed by atoms with E-state index >= 15 is 0 Å². The summed E-state index contributed by atoms with van der Waals surface area (Å²) in [5.41, 5.74) is 1.47. The summed E-state index contributed by atoms with van der Waals surface area (Å²) >= 11 is 6.03. The zero-order chi connectivity index (χ0) is 19.7. The van der Waals surface area contributed by atoms with Crippen molar-refractivity contribution >= 4 is 23.2 Å². The molecule has 1 fully saturated rings. The summed E-state index contributed by atoms with van der Waals surface area (Å²) in [5, 5.41) is 4.63. The molecule has 0 radical (unpaired) electrons. The van der Waals surface area contributed by atoms with Gasteiger partial charge in [0, 0.05) is 41.8 Å². The van der Waals surface area contributed by atoms with E-state index in [2.05, 4.69) is 10.1 Å². The van der Waals surface area contributed by atoms with E-state index in [-0.39, 0.29) is 18.2 Å². The van der Waals surface area contributed by atoms with Gasteiger partial charge in [0.1, 0.15) is 11.5 Å². The molecule has 1 saturated heterocycles. The van der Waals surface area contributed by atoms with Crippen LogP contribution in [-0.2, 0) is 4.79 Å². The topological polar surface area (TPSA) is 77.7 Å². The molecule has 1 amide bonds. The van der Waals surface area contributed by atoms with Crippen LogP contribution in [0, 0.1) is 0 Å². The molecule has 0 saturated carbocycles. The predicted octanol–water partition coefficient (Wildman–Crippen LogP) is 3.93. The number of aromatic nitrogens is 2. The summed E-state index contributed by atoms with van der Waals surface area (Å²) in [4.78, 5) is 18.8. The van der Waals surface area contributed by atoms with Gasteiger partial charge in [-0.2, -0.15) is 4.98 Å². The third-order valence-electron chi connectivity index (χ3n) is 4.65. The van der Waals surface area contributed by atoms with Crippen molar-refractivity contribution in [3.63, 3.8) is 0 Å². The SMILES string of the molecule is COc1cc(OC)cc(N2CC(c3nc(-c4cccc(Cl)c4)no3)CC2=O)c1. The van der Waals surface area contributed by atoms with Crippen LogP contribution in [0.4, 0.5) is 5.69 Å². The molecule has 1 aliphatic rings. The Morgan fingerprint density at radius 3 is 2.57 bits per heavy atom. The maximum Gasteiger partial charge on any atom is 0.232 e. The Hall–Kier alpha value is -3.06. The van der Waals surface area contributed by atoms with Crippen LogP contribution in [0.15, 0.2) is 47.0 Å². The first kappa shape index (κ1) is 18.3. The van der Waals surface area contributed by atoms with Crippen molar-refractivity contribution in [1.82, 2.24) is 10.1 Å². The lowest BCUT2D eigenvalue weighted by Gasteiger charge is -2.18. The van der Waals surface area contributed by atoms with Gasteiger partial charge in [0.25, 0.3) is 0 Å². The van der Waals surface area contributed by atoms with Crippen molar-refractivity contribution in [2.24, 2.45) is 0 Å². The molecule has 8 heteroatoms. The van der Waals surface area contributed by atoms with Crippen molar-refractivity contribution in [2.45, 2.75) is 12.3 Å². The Morgan fingerprint density at radius 1 is 1.14 bits per heavy atom. The normalized spacial score (nSPS) is 16.5. The number of benzene rings is 2. The zero-order valence-electron chi connectivity index (χ0n) is 15.4. The van der Waals surface area contributed by atoms with Crippen molar-refractivity contribution < 1.29 is 18.8 Å². The fraction of sp³-hybridized carbons (Fsp3) is 0.250. The van der Waals surface area contributed by atoms with Crippen molar-refractivity contribution in [1.29, 1.82) is 0 Å². The highest BCUT2D eigenvalue weighted by Gasteiger charge is 2.35. The van der Waals surface area contributed by atoms with Gasteiger partial charge in [-0.25, -0.2) is 0 Å². The highest BCUT2D eigenvalue weighted by atomic mass is 35.5. The van der Waals surface area contributed by atoms with Gasteiger partial charge >= 0.3 is 0 Å². The Bertz CT molecular complexity index is 998. The number of rotatable bonds is 5. The number of anilines is 1. The molecule has 1 unspecified atom stereocenters. The molecule has 1 aromatic heterocycles. The Morgan fingerprint density at radius 2 is 1.89 bits per heavy atom. The summed E-state index contributed by atoms with van der Waals surface area (Å²) in [5.74, 6) is 1.90. The zero-order valence-corrected chi connectivity index (χ0v) is 16.1. The molecule has 1 atom stereocenters. The molecule has 1 aliphatic heterocycles. The maximum absolute atomic E-state index is 12.6. The van der Waals surface area contributed by atoms with Crippen molar-refractivity contribution in [3.8, 4) is 22.9 Å². The lowest BCUT2D eigenvalue weighted by Crippen LogP contribution is -2.24. The summed E-state index contributed by atoms with van der Waals surface area (Å²) in [7, 11) is 3.14. The van der Waals surface area contributed by atoms with Crippen molar-refractivity contribution in [3.05, 3.63) is 53.4 Å². The second-order valence-corrected chi connectivity index (χ2v) is 6.88. The van der Waals surface area contributed by atoms with Gasteiger partial charge in [0.2, 0.25) is 17.6 Å². The van der Waals surface area contributed by atoms with E-state index in [1.165, 1.54) is 0 Å². The molecule has 28 heavy (non-hydrogen) atoms. The van der Waals surface area contributed by atoms with Gasteiger partial charge in [-0.15, -0.1) is 0 Å². The molecule has 2 heterocycles. The van der Waals surface area contributed by atoms with Gasteiger partial charge < -0.3 is 18.9 Å². The van der Waals surface area contributed by atoms with Gasteiger partial charge in [0.15, 0.2) is 0 Å². The van der Waals surface area contributed by atoms with Crippen molar-refractivity contribution in [2.75, 3.05) is 25.7 Å². The average Bonchev–Trinajstić information content (AvgIpc) is 3.34. The monoisotopic (exact) mass is 399 g/mol. The van der Waals surface area contributed by atoms with Crippen LogP contribution in [0.2, 0.25) is 5.02 Å². The number of amides is 1. The molecule has 2 aromatic carbocycles. The fourth-order valence-electron chi connectivity index (χ4n) is 3.22. The predicted molar refractivity (Wildman–Crippen MR) is 104 cm³/mol. The molecular weight excluding hydrogens is 382 g/mol. The minimum atomic E-state index is -0.190. The van der Waals surface area contributed by atoms with Gasteiger partial charge in [-0.05, 0) is 12.1 Å². The second kappa shape index (κ2) is 7.52. The molecule has 144 valence electrons. The highest BCUT2D eigenvalue weighted by molar-refractivity contribution is 6.30. The first-order chi connectivity index (χ1) is 13.6. The third-order valence-corrected chi connectivity index (χ3v) is 4.88. The number of hydrogen-bond acceptors (Lipinski definition) is 6. The standard InChI is InChI=1S/C20H18ClN3O4/c1-26-16-8-15(9-17(10-16)27-2)24-11-13(7-18(24)25)20-22-19(23-28-20)12-4-3-5-14(21)6-12/h3-6,8-10,13H,7,11H2,1-2H3. The maximum atomic E-state index is 12.6. The molecule has 3 aromatic rings. The average molecular weight is 400 g/mol. The van der Waals surface area contributed by atoms with E-state index in [1.54, 1.807) is 49.5 Å². The Kier molecular flexibility index (Phi) is 4.92. The van der Waals surface area contributed by atoms with Crippen LogP contribution in [0.5, 0.6) is 11.5 Å². The molecule has 0 bridgehead atoms. The number of carbonyl (C=O) groups excluding carboxylic acids is 1. The summed E-state index contributed by atoms with van der Waals surface area (Å²) in [6.45, 7) is 0.437. The van der Waals surface area contributed by atoms with E-state index < -0.39 is 0 Å². The molecular formula is C20H18ClN3O4. The molecule has 0 aliphatic carbocycles. The smallest absolute Gasteiger partial charge is 0.232 e. The summed E-state index contributed by atoms with van der Waals surface area (Å²) in [6, 6.07) is 12.6. The highest BCUT2D eigenvalue weighted by Crippen LogP contribution is 2.35. The minimum absolute atomic E-state index is 0.0252. The van der Waals surface area contributed by atoms with E-state index in [0.717, 1.165) is 5.56 Å². The van der Waals surface area contributed by atoms with Gasteiger partial charge in [0.05, 0.1) is 25.8 Å². The van der Waals surface area contributed by atoms with Crippen LogP contribution < -0.4 is 14.4 Å². The van der Waals surface area contributed by atoms with Gasteiger partial charge in [-0.1, -0.05) is 28.9 Å². The van der Waals surface area contributed by atoms with Crippen LogP contribution >= 0.6 is 11.6 Å². The Balaban J connectivity index is 1.57. The first-order valence-corrected chi connectivity index (χ1v) is 9.08. The van der Waals surface area contributed by atoms with Gasteiger partial charge in [-0.3, -0.25) is 4.79 Å². The summed E-state index contributed by atoms with van der Waals surface area (Å²) in [6.07, 6.45) is 0.288.